The van der Waals surface area contributed by atoms with Crippen LogP contribution in [0.25, 0.3) is 0 Å². The number of piperazine rings is 1. The van der Waals surface area contributed by atoms with Crippen molar-refractivity contribution in [1.29, 1.82) is 0 Å². The standard InChI is InChI=1S/C25H30FN3O2/c1-2-23(20-8-7-18-5-3-4-6-19(18)17-20)27-24(30)25(31)29-15-13-28(14-16-29)22-11-9-21(26)10-12-22/h7-12,17,23H,2-6,13-16H2,1H3,(H,27,30). The van der Waals surface area contributed by atoms with Crippen LogP contribution < -0.4 is 10.2 Å². The topological polar surface area (TPSA) is 52.7 Å². The zero-order chi connectivity index (χ0) is 21.8. The molecule has 5 nitrogen and oxygen atoms in total. The van der Waals surface area contributed by atoms with Crippen molar-refractivity contribution < 1.29 is 14.0 Å². The van der Waals surface area contributed by atoms with E-state index < -0.39 is 11.8 Å². The smallest absolute Gasteiger partial charge is 0.312 e. The summed E-state index contributed by atoms with van der Waals surface area (Å²) in [5.74, 6) is -1.28. The van der Waals surface area contributed by atoms with E-state index in [1.165, 1.54) is 36.1 Å². The number of aryl methyl sites for hydroxylation is 2. The highest BCUT2D eigenvalue weighted by Crippen LogP contribution is 2.26. The fourth-order valence-electron chi connectivity index (χ4n) is 4.57. The van der Waals surface area contributed by atoms with Gasteiger partial charge in [0.2, 0.25) is 0 Å². The van der Waals surface area contributed by atoms with Gasteiger partial charge in [-0.1, -0.05) is 25.1 Å². The van der Waals surface area contributed by atoms with Gasteiger partial charge in [-0.2, -0.15) is 0 Å². The third-order valence-electron chi connectivity index (χ3n) is 6.44. The minimum absolute atomic E-state index is 0.163. The Labute approximate surface area is 183 Å². The number of carbonyl (C=O) groups excluding carboxylic acids is 2. The Balaban J connectivity index is 1.34. The Morgan fingerprint density at radius 2 is 1.65 bits per heavy atom. The van der Waals surface area contributed by atoms with Gasteiger partial charge in [0.15, 0.2) is 0 Å². The van der Waals surface area contributed by atoms with Gasteiger partial charge in [0.25, 0.3) is 0 Å². The molecule has 164 valence electrons. The van der Waals surface area contributed by atoms with Crippen molar-refractivity contribution in [1.82, 2.24) is 10.2 Å². The minimum atomic E-state index is -0.542. The van der Waals surface area contributed by atoms with Crippen LogP contribution in [0.2, 0.25) is 0 Å². The molecule has 1 unspecified atom stereocenters. The first-order valence-electron chi connectivity index (χ1n) is 11.3. The molecule has 4 rings (SSSR count). The Morgan fingerprint density at radius 3 is 2.32 bits per heavy atom. The van der Waals surface area contributed by atoms with E-state index in [-0.39, 0.29) is 11.9 Å². The normalized spacial score (nSPS) is 17.1. The minimum Gasteiger partial charge on any atom is -0.368 e. The summed E-state index contributed by atoms with van der Waals surface area (Å²) >= 11 is 0. The van der Waals surface area contributed by atoms with E-state index in [4.69, 9.17) is 0 Å². The highest BCUT2D eigenvalue weighted by molar-refractivity contribution is 6.35. The second-order valence-corrected chi connectivity index (χ2v) is 8.43. The molecular weight excluding hydrogens is 393 g/mol. The molecule has 1 aliphatic heterocycles. The number of fused-ring (bicyclic) bond motifs is 1. The number of rotatable bonds is 4. The van der Waals surface area contributed by atoms with Crippen LogP contribution in [0.4, 0.5) is 10.1 Å². The van der Waals surface area contributed by atoms with Gasteiger partial charge in [0, 0.05) is 31.9 Å². The summed E-state index contributed by atoms with van der Waals surface area (Å²) in [6, 6.07) is 12.7. The van der Waals surface area contributed by atoms with E-state index in [2.05, 4.69) is 28.4 Å². The zero-order valence-corrected chi connectivity index (χ0v) is 18.1. The van der Waals surface area contributed by atoms with E-state index in [0.29, 0.717) is 26.2 Å². The quantitative estimate of drug-likeness (QED) is 0.765. The van der Waals surface area contributed by atoms with Crippen molar-refractivity contribution in [2.75, 3.05) is 31.1 Å². The number of benzene rings is 2. The first-order chi connectivity index (χ1) is 15.0. The van der Waals surface area contributed by atoms with Crippen LogP contribution in [0.3, 0.4) is 0 Å². The molecule has 0 spiro atoms. The molecule has 31 heavy (non-hydrogen) atoms. The molecule has 2 aromatic carbocycles. The molecule has 0 aromatic heterocycles. The predicted molar refractivity (Wildman–Crippen MR) is 119 cm³/mol. The number of halogens is 1. The first-order valence-corrected chi connectivity index (χ1v) is 11.3. The fraction of sp³-hybridized carbons (Fsp3) is 0.440. The van der Waals surface area contributed by atoms with E-state index in [0.717, 1.165) is 30.5 Å². The van der Waals surface area contributed by atoms with Gasteiger partial charge in [-0.25, -0.2) is 4.39 Å². The number of anilines is 1. The van der Waals surface area contributed by atoms with Gasteiger partial charge in [0.05, 0.1) is 6.04 Å². The van der Waals surface area contributed by atoms with Crippen molar-refractivity contribution in [2.24, 2.45) is 0 Å². The summed E-state index contributed by atoms with van der Waals surface area (Å²) in [7, 11) is 0. The fourth-order valence-corrected chi connectivity index (χ4v) is 4.57. The maximum Gasteiger partial charge on any atom is 0.312 e. The van der Waals surface area contributed by atoms with Gasteiger partial charge in [0.1, 0.15) is 5.82 Å². The first kappa shape index (κ1) is 21.3. The number of carbonyl (C=O) groups is 2. The molecular formula is C25H30FN3O2. The third kappa shape index (κ3) is 4.89. The summed E-state index contributed by atoms with van der Waals surface area (Å²) in [5, 5.41) is 2.95. The van der Waals surface area contributed by atoms with Gasteiger partial charge in [-0.15, -0.1) is 0 Å². The molecule has 6 heteroatoms. The molecule has 1 aliphatic carbocycles. The van der Waals surface area contributed by atoms with E-state index >= 15 is 0 Å². The van der Waals surface area contributed by atoms with Crippen molar-refractivity contribution in [3.63, 3.8) is 0 Å². The maximum atomic E-state index is 13.1. The number of hydrogen-bond donors (Lipinski definition) is 1. The molecule has 1 saturated heterocycles. The highest BCUT2D eigenvalue weighted by Gasteiger charge is 2.28. The molecule has 1 atom stereocenters. The molecule has 2 aromatic rings. The lowest BCUT2D eigenvalue weighted by atomic mass is 9.89. The largest absolute Gasteiger partial charge is 0.368 e. The number of hydrogen-bond acceptors (Lipinski definition) is 3. The van der Waals surface area contributed by atoms with Crippen molar-refractivity contribution in [3.05, 3.63) is 65.0 Å². The SMILES string of the molecule is CCC(NC(=O)C(=O)N1CCN(c2ccc(F)cc2)CC1)c1ccc2c(c1)CCCC2. The van der Waals surface area contributed by atoms with Crippen LogP contribution in [0, 0.1) is 5.82 Å². The monoisotopic (exact) mass is 423 g/mol. The molecule has 0 radical (unpaired) electrons. The van der Waals surface area contributed by atoms with Crippen LogP contribution in [-0.2, 0) is 22.4 Å². The van der Waals surface area contributed by atoms with E-state index in [1.54, 1.807) is 17.0 Å². The average Bonchev–Trinajstić information content (AvgIpc) is 2.82. The number of nitrogens with zero attached hydrogens (tertiary/aromatic N) is 2. The van der Waals surface area contributed by atoms with Crippen LogP contribution >= 0.6 is 0 Å². The van der Waals surface area contributed by atoms with Crippen molar-refractivity contribution in [2.45, 2.75) is 45.1 Å². The van der Waals surface area contributed by atoms with Crippen LogP contribution in [0.5, 0.6) is 0 Å². The maximum absolute atomic E-state index is 13.1. The number of amides is 2. The van der Waals surface area contributed by atoms with Crippen LogP contribution in [0.15, 0.2) is 42.5 Å². The van der Waals surface area contributed by atoms with Crippen molar-refractivity contribution >= 4 is 17.5 Å². The Hall–Kier alpha value is -2.89. The lowest BCUT2D eigenvalue weighted by Gasteiger charge is -2.36. The lowest BCUT2D eigenvalue weighted by molar-refractivity contribution is -0.146. The highest BCUT2D eigenvalue weighted by atomic mass is 19.1. The molecule has 1 fully saturated rings. The Morgan fingerprint density at radius 1 is 0.968 bits per heavy atom. The molecule has 1 heterocycles. The summed E-state index contributed by atoms with van der Waals surface area (Å²) in [4.78, 5) is 29.2. The zero-order valence-electron chi connectivity index (χ0n) is 18.1. The van der Waals surface area contributed by atoms with Crippen LogP contribution in [-0.4, -0.2) is 42.9 Å². The lowest BCUT2D eigenvalue weighted by Crippen LogP contribution is -2.53. The molecule has 2 amide bonds. The van der Waals surface area contributed by atoms with E-state index in [9.17, 15) is 14.0 Å². The number of nitrogens with one attached hydrogen (secondary N) is 1. The van der Waals surface area contributed by atoms with Crippen LogP contribution in [0.1, 0.15) is 48.9 Å². The molecule has 0 saturated carbocycles. The molecule has 2 aliphatic rings. The summed E-state index contributed by atoms with van der Waals surface area (Å²) < 4.78 is 13.1. The molecule has 1 N–H and O–H groups in total. The summed E-state index contributed by atoms with van der Waals surface area (Å²) in [6.45, 7) is 4.20. The second-order valence-electron chi connectivity index (χ2n) is 8.43. The van der Waals surface area contributed by atoms with Gasteiger partial charge in [-0.3, -0.25) is 9.59 Å². The van der Waals surface area contributed by atoms with Gasteiger partial charge < -0.3 is 15.1 Å². The third-order valence-corrected chi connectivity index (χ3v) is 6.44. The molecule has 0 bridgehead atoms. The summed E-state index contributed by atoms with van der Waals surface area (Å²) in [6.07, 6.45) is 5.40. The second kappa shape index (κ2) is 9.50. The Kier molecular flexibility index (Phi) is 6.54. The summed E-state index contributed by atoms with van der Waals surface area (Å²) in [5.41, 5.74) is 4.79. The Bertz CT molecular complexity index is 936. The van der Waals surface area contributed by atoms with E-state index in [1.807, 2.05) is 6.92 Å². The van der Waals surface area contributed by atoms with Gasteiger partial charge >= 0.3 is 11.8 Å². The predicted octanol–water partition coefficient (Wildman–Crippen LogP) is 3.62. The average molecular weight is 424 g/mol. The van der Waals surface area contributed by atoms with Gasteiger partial charge in [-0.05, 0) is 73.1 Å². The van der Waals surface area contributed by atoms with Crippen molar-refractivity contribution in [3.8, 4) is 0 Å².